The van der Waals surface area contributed by atoms with Crippen molar-refractivity contribution in [3.63, 3.8) is 0 Å². The number of thiocarbonyl (C=S) groups is 1. The second-order valence-corrected chi connectivity index (χ2v) is 10.5. The fraction of sp³-hybridized carbons (Fsp3) is 0.692. The van der Waals surface area contributed by atoms with Crippen LogP contribution in [-0.2, 0) is 0 Å². The number of piperidine rings is 1. The minimum absolute atomic E-state index is 0.00676. The van der Waals surface area contributed by atoms with Crippen molar-refractivity contribution in [3.8, 4) is 0 Å². The predicted octanol–water partition coefficient (Wildman–Crippen LogP) is 6.51. The number of halogens is 1. The molecular weight excluding hydrogens is 405 g/mol. The predicted molar refractivity (Wildman–Crippen MR) is 131 cm³/mol. The zero-order valence-electron chi connectivity index (χ0n) is 18.7. The third-order valence-corrected chi connectivity index (χ3v) is 8.69. The van der Waals surface area contributed by atoms with Crippen molar-refractivity contribution in [2.45, 2.75) is 95.6 Å². The quantitative estimate of drug-likeness (QED) is 0.498. The Bertz CT molecular complexity index is 802. The van der Waals surface area contributed by atoms with Crippen molar-refractivity contribution in [1.29, 1.82) is 0 Å². The highest BCUT2D eigenvalue weighted by Gasteiger charge is 2.57. The number of benzene rings is 1. The second-order valence-electron chi connectivity index (χ2n) is 10.1. The summed E-state index contributed by atoms with van der Waals surface area (Å²) in [6.45, 7) is 2.30. The Kier molecular flexibility index (Phi) is 6.43. The first kappa shape index (κ1) is 21.5. The van der Waals surface area contributed by atoms with Crippen molar-refractivity contribution in [2.24, 2.45) is 10.4 Å². The lowest BCUT2D eigenvalue weighted by molar-refractivity contribution is 0.112. The Labute approximate surface area is 192 Å². The van der Waals surface area contributed by atoms with E-state index < -0.39 is 0 Å². The van der Waals surface area contributed by atoms with Crippen LogP contribution in [0.4, 0.5) is 10.1 Å². The molecule has 0 bridgehead atoms. The summed E-state index contributed by atoms with van der Waals surface area (Å²) in [4.78, 5) is 11.5. The lowest BCUT2D eigenvalue weighted by Gasteiger charge is -2.44. The van der Waals surface area contributed by atoms with Gasteiger partial charge in [-0.1, -0.05) is 57.2 Å². The van der Waals surface area contributed by atoms with Crippen LogP contribution in [0.3, 0.4) is 0 Å². The minimum atomic E-state index is -0.195. The lowest BCUT2D eigenvalue weighted by Crippen LogP contribution is -2.52. The molecule has 2 saturated heterocycles. The average Bonchev–Trinajstić information content (AvgIpc) is 3.03. The molecule has 0 radical (unpaired) electrons. The van der Waals surface area contributed by atoms with Gasteiger partial charge in [0, 0.05) is 11.1 Å². The van der Waals surface area contributed by atoms with Gasteiger partial charge in [-0.05, 0) is 75.9 Å². The molecule has 168 valence electrons. The smallest absolute Gasteiger partial charge is 0.127 e. The third-order valence-electron chi connectivity index (χ3n) is 8.10. The van der Waals surface area contributed by atoms with E-state index in [1.54, 1.807) is 12.1 Å². The van der Waals surface area contributed by atoms with Gasteiger partial charge in [-0.25, -0.2) is 4.39 Å². The molecule has 2 saturated carbocycles. The lowest BCUT2D eigenvalue weighted by atomic mass is 9.69. The van der Waals surface area contributed by atoms with Crippen LogP contribution in [0, 0.1) is 11.2 Å². The molecule has 2 heterocycles. The Morgan fingerprint density at radius 2 is 1.45 bits per heavy atom. The van der Waals surface area contributed by atoms with Crippen LogP contribution in [0.5, 0.6) is 0 Å². The van der Waals surface area contributed by atoms with Gasteiger partial charge in [-0.2, -0.15) is 0 Å². The molecule has 1 aromatic carbocycles. The van der Waals surface area contributed by atoms with E-state index in [1.807, 2.05) is 12.1 Å². The first-order chi connectivity index (χ1) is 15.2. The Morgan fingerprint density at radius 1 is 0.839 bits per heavy atom. The summed E-state index contributed by atoms with van der Waals surface area (Å²) in [5.41, 5.74) is 0.998. The van der Waals surface area contributed by atoms with E-state index in [0.717, 1.165) is 36.6 Å². The minimum Gasteiger partial charge on any atom is -0.293 e. The maximum atomic E-state index is 13.8. The van der Waals surface area contributed by atoms with E-state index in [1.165, 1.54) is 76.5 Å². The highest BCUT2D eigenvalue weighted by atomic mass is 32.1. The topological polar surface area (TPSA) is 18.8 Å². The third kappa shape index (κ3) is 4.08. The molecule has 2 aliphatic heterocycles. The van der Waals surface area contributed by atoms with Crippen LogP contribution in [0.25, 0.3) is 0 Å². The Hall–Kier alpha value is -1.33. The summed E-state index contributed by atoms with van der Waals surface area (Å²) in [5.74, 6) is 0.979. The molecule has 0 N–H and O–H groups in total. The fourth-order valence-electron chi connectivity index (χ4n) is 6.54. The number of likely N-dealkylation sites (tertiary alicyclic amines) is 1. The van der Waals surface area contributed by atoms with E-state index in [9.17, 15) is 4.39 Å². The van der Waals surface area contributed by atoms with E-state index in [2.05, 4.69) is 9.80 Å². The van der Waals surface area contributed by atoms with Gasteiger partial charge in [0.2, 0.25) is 0 Å². The van der Waals surface area contributed by atoms with Crippen LogP contribution >= 0.6 is 12.2 Å². The largest absolute Gasteiger partial charge is 0.293 e. The van der Waals surface area contributed by atoms with Gasteiger partial charge in [0.15, 0.2) is 0 Å². The molecule has 3 nitrogen and oxygen atoms in total. The number of hydrogen-bond donors (Lipinski definition) is 0. The van der Waals surface area contributed by atoms with Gasteiger partial charge < -0.3 is 0 Å². The van der Waals surface area contributed by atoms with Gasteiger partial charge in [-0.3, -0.25) is 14.8 Å². The Balaban J connectivity index is 1.61. The van der Waals surface area contributed by atoms with E-state index >= 15 is 0 Å². The Morgan fingerprint density at radius 3 is 2.13 bits per heavy atom. The molecule has 5 rings (SSSR count). The molecule has 5 heteroatoms. The number of amidine groups is 1. The van der Waals surface area contributed by atoms with Crippen molar-refractivity contribution in [3.05, 3.63) is 30.1 Å². The highest BCUT2D eigenvalue weighted by Crippen LogP contribution is 2.50. The molecule has 1 atom stereocenters. The van der Waals surface area contributed by atoms with Crippen molar-refractivity contribution >= 4 is 28.7 Å². The molecule has 0 amide bonds. The molecule has 0 unspecified atom stereocenters. The first-order valence-electron chi connectivity index (χ1n) is 12.6. The highest BCUT2D eigenvalue weighted by molar-refractivity contribution is 7.80. The molecule has 31 heavy (non-hydrogen) atoms. The van der Waals surface area contributed by atoms with Crippen molar-refractivity contribution < 1.29 is 4.39 Å². The maximum absolute atomic E-state index is 13.8. The standard InChI is InChI=1S/C26H36FN3S/c27-20-12-14-22(15-13-20)30-24(28-21-10-4-1-5-11-21)23(29-18-8-3-9-19-29)26(25(30)31)16-6-2-7-17-26/h12-15,21,23H,1-11,16-19H2/t23-/m0/s1. The number of anilines is 1. The SMILES string of the molecule is Fc1ccc(N2C(=S)C3(CCCCC3)[C@@H](N3CCCCC3)C2=NC2CCCCC2)cc1. The zero-order valence-corrected chi connectivity index (χ0v) is 19.5. The van der Waals surface area contributed by atoms with Crippen molar-refractivity contribution in [2.75, 3.05) is 18.0 Å². The van der Waals surface area contributed by atoms with Crippen LogP contribution in [0.2, 0.25) is 0 Å². The maximum Gasteiger partial charge on any atom is 0.127 e. The molecule has 4 aliphatic rings. The molecular formula is C26H36FN3S. The van der Waals surface area contributed by atoms with E-state index in [4.69, 9.17) is 17.2 Å². The number of nitrogens with zero attached hydrogens (tertiary/aromatic N) is 3. The van der Waals surface area contributed by atoms with Gasteiger partial charge in [0.25, 0.3) is 0 Å². The summed E-state index contributed by atoms with van der Waals surface area (Å²) in [6.07, 6.45) is 16.3. The molecule has 2 aliphatic carbocycles. The summed E-state index contributed by atoms with van der Waals surface area (Å²) in [7, 11) is 0. The van der Waals surface area contributed by atoms with Crippen LogP contribution in [0.1, 0.15) is 83.5 Å². The van der Waals surface area contributed by atoms with Crippen LogP contribution in [0.15, 0.2) is 29.3 Å². The van der Waals surface area contributed by atoms with Crippen LogP contribution in [-0.4, -0.2) is 40.9 Å². The monoisotopic (exact) mass is 441 g/mol. The molecule has 1 spiro atoms. The van der Waals surface area contributed by atoms with Gasteiger partial charge in [0.1, 0.15) is 11.7 Å². The normalized spacial score (nSPS) is 29.2. The summed E-state index contributed by atoms with van der Waals surface area (Å²) in [6, 6.07) is 7.61. The number of rotatable bonds is 3. The number of hydrogen-bond acceptors (Lipinski definition) is 3. The fourth-order valence-corrected chi connectivity index (χ4v) is 7.05. The molecule has 1 aromatic rings. The second kappa shape index (κ2) is 9.27. The summed E-state index contributed by atoms with van der Waals surface area (Å²) >= 11 is 6.30. The van der Waals surface area contributed by atoms with Gasteiger partial charge in [-0.15, -0.1) is 0 Å². The number of aliphatic imine (C=N–C) groups is 1. The zero-order chi connectivity index (χ0) is 21.3. The van der Waals surface area contributed by atoms with Crippen LogP contribution < -0.4 is 4.90 Å². The van der Waals surface area contributed by atoms with Gasteiger partial charge in [0.05, 0.1) is 17.1 Å². The van der Waals surface area contributed by atoms with E-state index in [-0.39, 0.29) is 17.3 Å². The molecule has 0 aromatic heterocycles. The first-order valence-corrected chi connectivity index (χ1v) is 13.0. The average molecular weight is 442 g/mol. The van der Waals surface area contributed by atoms with E-state index in [0.29, 0.717) is 6.04 Å². The van der Waals surface area contributed by atoms with Crippen molar-refractivity contribution in [1.82, 2.24) is 4.90 Å². The summed E-state index contributed by atoms with van der Waals surface area (Å²) in [5, 5.41) is 0. The molecule has 4 fully saturated rings. The van der Waals surface area contributed by atoms with Gasteiger partial charge >= 0.3 is 0 Å². The summed E-state index contributed by atoms with van der Waals surface area (Å²) < 4.78 is 13.8.